The number of aryl methyl sites for hydroxylation is 1. The lowest BCUT2D eigenvalue weighted by atomic mass is 10.2. The van der Waals surface area contributed by atoms with Crippen LogP contribution in [0.15, 0.2) is 6.07 Å². The summed E-state index contributed by atoms with van der Waals surface area (Å²) in [6.45, 7) is 13.2. The van der Waals surface area contributed by atoms with Crippen molar-refractivity contribution in [2.45, 2.75) is 66.2 Å². The molecule has 0 bridgehead atoms. The van der Waals surface area contributed by atoms with Crippen LogP contribution in [0.2, 0.25) is 0 Å². The van der Waals surface area contributed by atoms with Gasteiger partial charge in [0.1, 0.15) is 0 Å². The number of thiophene rings is 1. The first kappa shape index (κ1) is 15.7. The molecule has 1 aromatic heterocycles. The van der Waals surface area contributed by atoms with Crippen molar-refractivity contribution in [2.24, 2.45) is 0 Å². The Kier molecular flexibility index (Phi) is 6.33. The predicted octanol–water partition coefficient (Wildman–Crippen LogP) is 3.78. The highest BCUT2D eigenvalue weighted by Crippen LogP contribution is 2.23. The molecule has 0 aliphatic rings. The molecular weight excluding hydrogens is 240 g/mol. The minimum Gasteiger partial charge on any atom is -0.310 e. The summed E-state index contributed by atoms with van der Waals surface area (Å²) in [5.74, 6) is 0. The first-order valence-corrected chi connectivity index (χ1v) is 7.77. The lowest BCUT2D eigenvalue weighted by Gasteiger charge is -2.23. The highest BCUT2D eigenvalue weighted by Gasteiger charge is 2.11. The Labute approximate surface area is 116 Å². The van der Waals surface area contributed by atoms with E-state index in [2.05, 4.69) is 57.9 Å². The van der Waals surface area contributed by atoms with E-state index in [0.29, 0.717) is 12.1 Å². The van der Waals surface area contributed by atoms with Gasteiger partial charge in [-0.3, -0.25) is 4.90 Å². The smallest absolute Gasteiger partial charge is 0.0302 e. The van der Waals surface area contributed by atoms with Crippen LogP contribution in [0.5, 0.6) is 0 Å². The molecule has 0 saturated heterocycles. The second kappa shape index (κ2) is 7.27. The molecule has 1 rings (SSSR count). The first-order chi connectivity index (χ1) is 8.43. The number of hydrogen-bond acceptors (Lipinski definition) is 3. The van der Waals surface area contributed by atoms with Crippen molar-refractivity contribution in [3.63, 3.8) is 0 Å². The molecule has 1 atom stereocenters. The molecular formula is C15H28N2S. The summed E-state index contributed by atoms with van der Waals surface area (Å²) in [5.41, 5.74) is 1.49. The molecule has 0 spiro atoms. The number of nitrogens with zero attached hydrogens (tertiary/aromatic N) is 1. The van der Waals surface area contributed by atoms with E-state index in [-0.39, 0.29) is 0 Å². The van der Waals surface area contributed by atoms with E-state index in [0.717, 1.165) is 13.1 Å². The van der Waals surface area contributed by atoms with E-state index in [1.54, 1.807) is 0 Å². The van der Waals surface area contributed by atoms with Crippen molar-refractivity contribution >= 4 is 11.3 Å². The van der Waals surface area contributed by atoms with Crippen LogP contribution in [0, 0.1) is 6.92 Å². The predicted molar refractivity (Wildman–Crippen MR) is 82.3 cm³/mol. The van der Waals surface area contributed by atoms with E-state index in [1.165, 1.54) is 21.7 Å². The standard InChI is InChI=1S/C15H28N2S/c1-7-12(4)17(6)10-14-8-15(18-13(14)5)9-16-11(2)3/h8,11-12,16H,7,9-10H2,1-6H3. The molecule has 18 heavy (non-hydrogen) atoms. The first-order valence-electron chi connectivity index (χ1n) is 6.95. The van der Waals surface area contributed by atoms with E-state index in [1.807, 2.05) is 11.3 Å². The van der Waals surface area contributed by atoms with Crippen molar-refractivity contribution in [1.29, 1.82) is 0 Å². The molecule has 0 aliphatic carbocycles. The van der Waals surface area contributed by atoms with Crippen LogP contribution in [0.1, 0.15) is 49.4 Å². The Hall–Kier alpha value is -0.380. The normalized spacial score (nSPS) is 13.6. The molecule has 0 fully saturated rings. The van der Waals surface area contributed by atoms with Gasteiger partial charge in [0.2, 0.25) is 0 Å². The fourth-order valence-electron chi connectivity index (χ4n) is 1.87. The molecule has 0 amide bonds. The molecule has 1 N–H and O–H groups in total. The Morgan fingerprint density at radius 1 is 1.33 bits per heavy atom. The molecule has 3 heteroatoms. The number of hydrogen-bond donors (Lipinski definition) is 1. The van der Waals surface area contributed by atoms with Crippen LogP contribution in [0.4, 0.5) is 0 Å². The molecule has 2 nitrogen and oxygen atoms in total. The monoisotopic (exact) mass is 268 g/mol. The third-order valence-corrected chi connectivity index (χ3v) is 4.61. The van der Waals surface area contributed by atoms with Gasteiger partial charge in [-0.2, -0.15) is 0 Å². The average Bonchev–Trinajstić information content (AvgIpc) is 2.66. The topological polar surface area (TPSA) is 15.3 Å². The molecule has 1 unspecified atom stereocenters. The van der Waals surface area contributed by atoms with Gasteiger partial charge in [0, 0.05) is 34.9 Å². The lowest BCUT2D eigenvalue weighted by Crippen LogP contribution is -2.27. The zero-order valence-corrected chi connectivity index (χ0v) is 13.5. The quantitative estimate of drug-likeness (QED) is 0.809. The zero-order valence-electron chi connectivity index (χ0n) is 12.7. The Morgan fingerprint density at radius 3 is 2.56 bits per heavy atom. The second-order valence-corrected chi connectivity index (χ2v) is 6.84. The molecule has 104 valence electrons. The molecule has 0 radical (unpaired) electrons. The fourth-order valence-corrected chi connectivity index (χ4v) is 2.88. The zero-order chi connectivity index (χ0) is 13.7. The van der Waals surface area contributed by atoms with Crippen LogP contribution < -0.4 is 5.32 Å². The molecule has 0 aromatic carbocycles. The third kappa shape index (κ3) is 4.71. The van der Waals surface area contributed by atoms with Crippen molar-refractivity contribution in [1.82, 2.24) is 10.2 Å². The maximum Gasteiger partial charge on any atom is 0.0302 e. The molecule has 0 aliphatic heterocycles. The van der Waals surface area contributed by atoms with Gasteiger partial charge >= 0.3 is 0 Å². The SMILES string of the molecule is CCC(C)N(C)Cc1cc(CNC(C)C)sc1C. The van der Waals surface area contributed by atoms with Crippen molar-refractivity contribution in [3.05, 3.63) is 21.4 Å². The van der Waals surface area contributed by atoms with E-state index < -0.39 is 0 Å². The van der Waals surface area contributed by atoms with E-state index >= 15 is 0 Å². The summed E-state index contributed by atoms with van der Waals surface area (Å²) in [4.78, 5) is 5.36. The van der Waals surface area contributed by atoms with Crippen molar-refractivity contribution in [3.8, 4) is 0 Å². The van der Waals surface area contributed by atoms with Gasteiger partial charge in [0.05, 0.1) is 0 Å². The van der Waals surface area contributed by atoms with Gasteiger partial charge in [-0.05, 0) is 38.9 Å². The highest BCUT2D eigenvalue weighted by molar-refractivity contribution is 7.12. The fraction of sp³-hybridized carbons (Fsp3) is 0.733. The van der Waals surface area contributed by atoms with E-state index in [9.17, 15) is 0 Å². The minimum absolute atomic E-state index is 0.554. The van der Waals surface area contributed by atoms with Crippen LogP contribution in [0.3, 0.4) is 0 Å². The van der Waals surface area contributed by atoms with Gasteiger partial charge in [-0.1, -0.05) is 20.8 Å². The average molecular weight is 268 g/mol. The minimum atomic E-state index is 0.554. The van der Waals surface area contributed by atoms with Gasteiger partial charge in [-0.15, -0.1) is 11.3 Å². The summed E-state index contributed by atoms with van der Waals surface area (Å²) in [7, 11) is 2.22. The largest absolute Gasteiger partial charge is 0.310 e. The van der Waals surface area contributed by atoms with Gasteiger partial charge in [0.15, 0.2) is 0 Å². The molecule has 1 heterocycles. The van der Waals surface area contributed by atoms with Crippen molar-refractivity contribution < 1.29 is 0 Å². The van der Waals surface area contributed by atoms with Crippen LogP contribution in [-0.2, 0) is 13.1 Å². The van der Waals surface area contributed by atoms with Crippen LogP contribution in [-0.4, -0.2) is 24.0 Å². The van der Waals surface area contributed by atoms with Gasteiger partial charge < -0.3 is 5.32 Å². The summed E-state index contributed by atoms with van der Waals surface area (Å²) in [5, 5.41) is 3.49. The summed E-state index contributed by atoms with van der Waals surface area (Å²) in [6.07, 6.45) is 1.21. The molecule has 1 aromatic rings. The van der Waals surface area contributed by atoms with Crippen LogP contribution in [0.25, 0.3) is 0 Å². The van der Waals surface area contributed by atoms with Gasteiger partial charge in [-0.25, -0.2) is 0 Å². The maximum absolute atomic E-state index is 3.49. The number of rotatable bonds is 7. The highest BCUT2D eigenvalue weighted by atomic mass is 32.1. The van der Waals surface area contributed by atoms with Crippen molar-refractivity contribution in [2.75, 3.05) is 7.05 Å². The third-order valence-electron chi connectivity index (χ3n) is 3.52. The Balaban J connectivity index is 2.61. The Morgan fingerprint density at radius 2 is 2.00 bits per heavy atom. The summed E-state index contributed by atoms with van der Waals surface area (Å²) < 4.78 is 0. The van der Waals surface area contributed by atoms with Gasteiger partial charge in [0.25, 0.3) is 0 Å². The number of nitrogens with one attached hydrogen (secondary N) is 1. The lowest BCUT2D eigenvalue weighted by molar-refractivity contribution is 0.243. The second-order valence-electron chi connectivity index (χ2n) is 5.50. The Bertz CT molecular complexity index is 357. The van der Waals surface area contributed by atoms with E-state index in [4.69, 9.17) is 0 Å². The van der Waals surface area contributed by atoms with Crippen LogP contribution >= 0.6 is 11.3 Å². The molecule has 0 saturated carbocycles. The summed E-state index contributed by atoms with van der Waals surface area (Å²) >= 11 is 1.93. The summed E-state index contributed by atoms with van der Waals surface area (Å²) in [6, 6.07) is 3.58. The maximum atomic E-state index is 3.49.